The molecule has 1 aliphatic rings. The fourth-order valence-electron chi connectivity index (χ4n) is 4.13. The monoisotopic (exact) mass is 475 g/mol. The first-order chi connectivity index (χ1) is 15.4. The fourth-order valence-corrected chi connectivity index (χ4v) is 5.79. The van der Waals surface area contributed by atoms with E-state index in [1.807, 2.05) is 31.2 Å². The van der Waals surface area contributed by atoms with Gasteiger partial charge in [-0.2, -0.15) is 0 Å². The van der Waals surface area contributed by atoms with Crippen LogP contribution in [0.25, 0.3) is 10.9 Å². The first-order valence-electron chi connectivity index (χ1n) is 11.2. The molecule has 2 heterocycles. The van der Waals surface area contributed by atoms with Gasteiger partial charge in [-0.3, -0.25) is 0 Å². The number of aromatic nitrogens is 1. The lowest BCUT2D eigenvalue weighted by Crippen LogP contribution is -2.36. The maximum atomic E-state index is 13.9. The molecule has 32 heavy (non-hydrogen) atoms. The molecule has 2 aromatic carbocycles. The van der Waals surface area contributed by atoms with E-state index < -0.39 is 10.0 Å². The van der Waals surface area contributed by atoms with Crippen molar-refractivity contribution >= 4 is 44.0 Å². The molecule has 0 unspecified atom stereocenters. The third kappa shape index (κ3) is 4.47. The van der Waals surface area contributed by atoms with E-state index in [-0.39, 0.29) is 4.90 Å². The molecule has 0 bridgehead atoms. The highest BCUT2D eigenvalue weighted by Gasteiger charge is 2.30. The van der Waals surface area contributed by atoms with Gasteiger partial charge in [0.15, 0.2) is 0 Å². The molecular formula is C24H30ClN3O3S. The zero-order chi connectivity index (χ0) is 22.7. The number of hydrogen-bond acceptors (Lipinski definition) is 5. The average Bonchev–Trinajstić information content (AvgIpc) is 3.11. The molecule has 1 aromatic heterocycles. The minimum atomic E-state index is -3.85. The van der Waals surface area contributed by atoms with Gasteiger partial charge >= 0.3 is 0 Å². The van der Waals surface area contributed by atoms with Gasteiger partial charge in [0.25, 0.3) is 10.0 Å². The number of morpholine rings is 1. The Labute approximate surface area is 195 Å². The molecule has 4 rings (SSSR count). The van der Waals surface area contributed by atoms with E-state index >= 15 is 0 Å². The lowest BCUT2D eigenvalue weighted by molar-refractivity contribution is 0.123. The Balaban J connectivity index is 1.94. The highest BCUT2D eigenvalue weighted by Crippen LogP contribution is 2.42. The molecule has 3 aromatic rings. The Kier molecular flexibility index (Phi) is 6.98. The van der Waals surface area contributed by atoms with Crippen LogP contribution in [0.4, 0.5) is 11.5 Å². The fraction of sp³-hybridized carbons (Fsp3) is 0.417. The van der Waals surface area contributed by atoms with E-state index in [0.29, 0.717) is 49.2 Å². The molecule has 8 heteroatoms. The lowest BCUT2D eigenvalue weighted by Gasteiger charge is -2.30. The third-order valence-corrected chi connectivity index (χ3v) is 7.78. The summed E-state index contributed by atoms with van der Waals surface area (Å²) in [6.45, 7) is 7.42. The molecule has 6 nitrogen and oxygen atoms in total. The van der Waals surface area contributed by atoms with Crippen molar-refractivity contribution in [2.24, 2.45) is 0 Å². The van der Waals surface area contributed by atoms with Crippen molar-refractivity contribution in [1.29, 1.82) is 0 Å². The zero-order valence-corrected chi connectivity index (χ0v) is 20.2. The summed E-state index contributed by atoms with van der Waals surface area (Å²) < 4.78 is 34.8. The number of unbranched alkanes of at least 4 members (excludes halogenated alkanes) is 2. The summed E-state index contributed by atoms with van der Waals surface area (Å²) in [5.41, 5.74) is 2.49. The SMILES string of the molecule is CCCCCNc1c(N2CCOCC2)c2ccc(Cl)cc2n1S(=O)(=O)c1ccc(C)cc1. The Morgan fingerprint density at radius 2 is 1.78 bits per heavy atom. The number of rotatable bonds is 8. The summed E-state index contributed by atoms with van der Waals surface area (Å²) in [6, 6.07) is 12.4. The summed E-state index contributed by atoms with van der Waals surface area (Å²) in [5, 5.41) is 4.84. The first kappa shape index (κ1) is 23.0. The van der Waals surface area contributed by atoms with Crippen LogP contribution in [0, 0.1) is 6.92 Å². The smallest absolute Gasteiger partial charge is 0.269 e. The van der Waals surface area contributed by atoms with Crippen LogP contribution in [-0.4, -0.2) is 45.2 Å². The molecule has 0 atom stereocenters. The van der Waals surface area contributed by atoms with Gasteiger partial charge in [-0.15, -0.1) is 0 Å². The minimum absolute atomic E-state index is 0.255. The van der Waals surface area contributed by atoms with Gasteiger partial charge in [-0.1, -0.05) is 49.1 Å². The van der Waals surface area contributed by atoms with Crippen molar-refractivity contribution in [3.63, 3.8) is 0 Å². The number of benzene rings is 2. The second kappa shape index (κ2) is 9.73. The highest BCUT2D eigenvalue weighted by molar-refractivity contribution is 7.90. The van der Waals surface area contributed by atoms with Crippen LogP contribution in [0.15, 0.2) is 47.4 Å². The largest absolute Gasteiger partial charge is 0.378 e. The summed E-state index contributed by atoms with van der Waals surface area (Å²) >= 11 is 6.34. The number of nitrogens with zero attached hydrogens (tertiary/aromatic N) is 2. The quantitative estimate of drug-likeness (QED) is 0.449. The molecule has 0 radical (unpaired) electrons. The van der Waals surface area contributed by atoms with Crippen LogP contribution in [0.2, 0.25) is 5.02 Å². The normalized spacial score (nSPS) is 14.8. The van der Waals surface area contributed by atoms with Gasteiger partial charge in [0.05, 0.1) is 29.3 Å². The van der Waals surface area contributed by atoms with Gasteiger partial charge in [0, 0.05) is 30.0 Å². The van der Waals surface area contributed by atoms with Crippen LogP contribution < -0.4 is 10.2 Å². The van der Waals surface area contributed by atoms with Crippen LogP contribution in [-0.2, 0) is 14.8 Å². The summed E-state index contributed by atoms with van der Waals surface area (Å²) in [6.07, 6.45) is 3.14. The van der Waals surface area contributed by atoms with E-state index in [1.165, 1.54) is 3.97 Å². The van der Waals surface area contributed by atoms with E-state index in [9.17, 15) is 8.42 Å². The third-order valence-electron chi connectivity index (χ3n) is 5.82. The number of ether oxygens (including phenoxy) is 1. The van der Waals surface area contributed by atoms with Crippen molar-refractivity contribution in [3.8, 4) is 0 Å². The molecule has 0 aliphatic carbocycles. The first-order valence-corrected chi connectivity index (χ1v) is 13.0. The Hall–Kier alpha value is -2.22. The Morgan fingerprint density at radius 1 is 1.06 bits per heavy atom. The van der Waals surface area contributed by atoms with Crippen molar-refractivity contribution in [1.82, 2.24) is 3.97 Å². The maximum Gasteiger partial charge on any atom is 0.269 e. The number of fused-ring (bicyclic) bond motifs is 1. The molecular weight excluding hydrogens is 446 g/mol. The summed E-state index contributed by atoms with van der Waals surface area (Å²) in [7, 11) is -3.85. The van der Waals surface area contributed by atoms with E-state index in [2.05, 4.69) is 17.1 Å². The molecule has 0 amide bonds. The molecule has 172 valence electrons. The van der Waals surface area contributed by atoms with Crippen LogP contribution in [0.3, 0.4) is 0 Å². The predicted molar refractivity (Wildman–Crippen MR) is 132 cm³/mol. The Bertz CT molecular complexity index is 1180. The molecule has 0 spiro atoms. The molecule has 1 aliphatic heterocycles. The predicted octanol–water partition coefficient (Wildman–Crippen LogP) is 5.28. The van der Waals surface area contributed by atoms with Crippen molar-refractivity contribution in [2.45, 2.75) is 38.0 Å². The average molecular weight is 476 g/mol. The van der Waals surface area contributed by atoms with E-state index in [0.717, 1.165) is 35.9 Å². The van der Waals surface area contributed by atoms with Crippen molar-refractivity contribution < 1.29 is 13.2 Å². The summed E-state index contributed by atoms with van der Waals surface area (Å²) in [4.78, 5) is 2.47. The van der Waals surface area contributed by atoms with Gasteiger partial charge in [-0.25, -0.2) is 12.4 Å². The molecule has 1 N–H and O–H groups in total. The highest BCUT2D eigenvalue weighted by atomic mass is 35.5. The van der Waals surface area contributed by atoms with E-state index in [1.54, 1.807) is 18.2 Å². The number of nitrogens with one attached hydrogen (secondary N) is 1. The summed E-state index contributed by atoms with van der Waals surface area (Å²) in [5.74, 6) is 0.598. The van der Waals surface area contributed by atoms with E-state index in [4.69, 9.17) is 16.3 Å². The van der Waals surface area contributed by atoms with Crippen LogP contribution >= 0.6 is 11.6 Å². The molecule has 1 saturated heterocycles. The number of hydrogen-bond donors (Lipinski definition) is 1. The topological polar surface area (TPSA) is 63.6 Å². The number of aryl methyl sites for hydroxylation is 1. The van der Waals surface area contributed by atoms with Crippen molar-refractivity contribution in [3.05, 3.63) is 53.1 Å². The number of halogens is 1. The maximum absolute atomic E-state index is 13.9. The zero-order valence-electron chi connectivity index (χ0n) is 18.6. The van der Waals surface area contributed by atoms with Crippen LogP contribution in [0.1, 0.15) is 31.7 Å². The Morgan fingerprint density at radius 3 is 2.47 bits per heavy atom. The standard InChI is InChI=1S/C24H30ClN3O3S/c1-3-4-5-12-26-24-23(27-13-15-31-16-14-27)21-11-8-19(25)17-22(21)28(24)32(29,30)20-9-6-18(2)7-10-20/h6-11,17,26H,3-5,12-16H2,1-2H3. The van der Waals surface area contributed by atoms with Gasteiger partial charge in [-0.05, 0) is 43.7 Å². The van der Waals surface area contributed by atoms with Gasteiger partial charge in [0.2, 0.25) is 0 Å². The van der Waals surface area contributed by atoms with Crippen LogP contribution in [0.5, 0.6) is 0 Å². The molecule has 0 saturated carbocycles. The second-order valence-electron chi connectivity index (χ2n) is 8.17. The van der Waals surface area contributed by atoms with Gasteiger partial charge < -0.3 is 15.0 Å². The number of anilines is 2. The van der Waals surface area contributed by atoms with Crippen molar-refractivity contribution in [2.75, 3.05) is 43.1 Å². The second-order valence-corrected chi connectivity index (χ2v) is 10.4. The minimum Gasteiger partial charge on any atom is -0.378 e. The molecule has 1 fully saturated rings. The lowest BCUT2D eigenvalue weighted by atomic mass is 10.2. The van der Waals surface area contributed by atoms with Gasteiger partial charge in [0.1, 0.15) is 5.82 Å².